The van der Waals surface area contributed by atoms with Gasteiger partial charge in [-0.1, -0.05) is 12.1 Å². The highest BCUT2D eigenvalue weighted by Crippen LogP contribution is 2.25. The molecule has 1 aliphatic rings. The molecule has 3 heterocycles. The monoisotopic (exact) mass is 353 g/mol. The van der Waals surface area contributed by atoms with Crippen LogP contribution < -0.4 is 16.2 Å². The van der Waals surface area contributed by atoms with Crippen molar-refractivity contribution >= 4 is 11.0 Å². The Kier molecular flexibility index (Phi) is 5.06. The van der Waals surface area contributed by atoms with E-state index in [2.05, 4.69) is 56.9 Å². The number of benzene rings is 1. The molecule has 1 fully saturated rings. The molecule has 1 aromatic carbocycles. The first kappa shape index (κ1) is 17.3. The molecule has 1 saturated heterocycles. The van der Waals surface area contributed by atoms with Gasteiger partial charge in [-0.05, 0) is 51.1 Å². The molecular formula is C20H27N5O. The lowest BCUT2D eigenvalue weighted by atomic mass is 10.00. The minimum atomic E-state index is 0.232. The number of nitrogens with zero attached hydrogens (tertiary/aromatic N) is 2. The van der Waals surface area contributed by atoms with Crippen LogP contribution in [0.1, 0.15) is 29.8 Å². The topological polar surface area (TPSA) is 67.0 Å². The Bertz CT molecular complexity index is 868. The van der Waals surface area contributed by atoms with Gasteiger partial charge in [0.25, 0.3) is 0 Å². The molecular weight excluding hydrogens is 326 g/mol. The van der Waals surface area contributed by atoms with Gasteiger partial charge in [-0.25, -0.2) is 10.4 Å². The number of furan rings is 1. The van der Waals surface area contributed by atoms with Crippen LogP contribution in [-0.4, -0.2) is 29.2 Å². The summed E-state index contributed by atoms with van der Waals surface area (Å²) in [4.78, 5) is 4.64. The van der Waals surface area contributed by atoms with Crippen molar-refractivity contribution in [2.24, 2.45) is 5.92 Å². The van der Waals surface area contributed by atoms with Crippen LogP contribution in [0.2, 0.25) is 0 Å². The molecule has 26 heavy (non-hydrogen) atoms. The van der Waals surface area contributed by atoms with Crippen molar-refractivity contribution in [2.45, 2.75) is 32.9 Å². The van der Waals surface area contributed by atoms with E-state index in [0.717, 1.165) is 55.5 Å². The van der Waals surface area contributed by atoms with Crippen molar-refractivity contribution in [3.8, 4) is 0 Å². The molecule has 0 spiro atoms. The number of aryl methyl sites for hydroxylation is 3. The predicted octanol–water partition coefficient (Wildman–Crippen LogP) is 2.69. The Balaban J connectivity index is 1.27. The molecule has 138 valence electrons. The van der Waals surface area contributed by atoms with Crippen molar-refractivity contribution < 1.29 is 4.42 Å². The van der Waals surface area contributed by atoms with Gasteiger partial charge in [0.2, 0.25) is 0 Å². The van der Waals surface area contributed by atoms with E-state index in [4.69, 9.17) is 4.42 Å². The lowest BCUT2D eigenvalue weighted by Crippen LogP contribution is -2.29. The molecule has 0 aliphatic carbocycles. The van der Waals surface area contributed by atoms with Crippen LogP contribution in [0.25, 0.3) is 11.0 Å². The summed E-state index contributed by atoms with van der Waals surface area (Å²) in [6.45, 7) is 7.96. The third-order valence-electron chi connectivity index (χ3n) is 5.15. The summed E-state index contributed by atoms with van der Waals surface area (Å²) in [6, 6.07) is 12.7. The summed E-state index contributed by atoms with van der Waals surface area (Å²) >= 11 is 0. The van der Waals surface area contributed by atoms with Gasteiger partial charge in [-0.2, -0.15) is 0 Å². The maximum absolute atomic E-state index is 5.79. The molecule has 2 unspecified atom stereocenters. The number of imidazole rings is 1. The standard InChI is InChI=1S/C20H27N5O/c1-14-8-9-19(26-14)20-16(13-22-24-20)12-21-10-5-11-25-15(2)23-17-6-3-4-7-18(17)25/h3-4,6-9,16,20-22,24H,5,10-13H2,1-2H3. The van der Waals surface area contributed by atoms with Crippen LogP contribution in [0.15, 0.2) is 40.8 Å². The summed E-state index contributed by atoms with van der Waals surface area (Å²) in [7, 11) is 0. The molecule has 6 heteroatoms. The smallest absolute Gasteiger partial charge is 0.122 e. The minimum Gasteiger partial charge on any atom is -0.465 e. The minimum absolute atomic E-state index is 0.232. The van der Waals surface area contributed by atoms with Gasteiger partial charge in [0.1, 0.15) is 17.3 Å². The average Bonchev–Trinajstić information content (AvgIpc) is 3.33. The third kappa shape index (κ3) is 3.53. The second-order valence-corrected chi connectivity index (χ2v) is 7.07. The molecule has 3 N–H and O–H groups in total. The Morgan fingerprint density at radius 2 is 2.12 bits per heavy atom. The molecule has 0 amide bonds. The number of hydrogen-bond acceptors (Lipinski definition) is 5. The summed E-state index contributed by atoms with van der Waals surface area (Å²) in [5.74, 6) is 3.54. The van der Waals surface area contributed by atoms with E-state index in [1.165, 1.54) is 5.52 Å². The molecule has 4 rings (SSSR count). The van der Waals surface area contributed by atoms with E-state index in [-0.39, 0.29) is 6.04 Å². The maximum Gasteiger partial charge on any atom is 0.122 e. The zero-order valence-electron chi connectivity index (χ0n) is 15.5. The Morgan fingerprint density at radius 3 is 2.96 bits per heavy atom. The highest BCUT2D eigenvalue weighted by molar-refractivity contribution is 5.75. The SMILES string of the molecule is Cc1ccc(C2NNCC2CNCCCn2c(C)nc3ccccc32)o1. The molecule has 2 atom stereocenters. The van der Waals surface area contributed by atoms with Gasteiger partial charge in [0.15, 0.2) is 0 Å². The van der Waals surface area contributed by atoms with Crippen molar-refractivity contribution in [3.63, 3.8) is 0 Å². The zero-order chi connectivity index (χ0) is 17.9. The molecule has 3 aromatic rings. The van der Waals surface area contributed by atoms with Gasteiger partial charge in [-0.3, -0.25) is 5.43 Å². The first-order valence-electron chi connectivity index (χ1n) is 9.39. The van der Waals surface area contributed by atoms with Crippen LogP contribution >= 0.6 is 0 Å². The second-order valence-electron chi connectivity index (χ2n) is 7.07. The number of para-hydroxylation sites is 2. The quantitative estimate of drug-likeness (QED) is 0.570. The van der Waals surface area contributed by atoms with Gasteiger partial charge in [-0.15, -0.1) is 0 Å². The van der Waals surface area contributed by atoms with Crippen LogP contribution in [0.4, 0.5) is 0 Å². The van der Waals surface area contributed by atoms with Gasteiger partial charge < -0.3 is 14.3 Å². The number of hydrazine groups is 1. The number of aromatic nitrogens is 2. The van der Waals surface area contributed by atoms with Crippen molar-refractivity contribution in [1.82, 2.24) is 25.7 Å². The second kappa shape index (κ2) is 7.61. The van der Waals surface area contributed by atoms with Crippen LogP contribution in [-0.2, 0) is 6.54 Å². The third-order valence-corrected chi connectivity index (χ3v) is 5.15. The molecule has 6 nitrogen and oxygen atoms in total. The number of hydrogen-bond donors (Lipinski definition) is 3. The van der Waals surface area contributed by atoms with Crippen molar-refractivity contribution in [3.05, 3.63) is 53.7 Å². The summed E-state index contributed by atoms with van der Waals surface area (Å²) < 4.78 is 8.10. The van der Waals surface area contributed by atoms with Crippen molar-refractivity contribution in [2.75, 3.05) is 19.6 Å². The van der Waals surface area contributed by atoms with E-state index >= 15 is 0 Å². The molecule has 1 aliphatic heterocycles. The Labute approximate surface area is 154 Å². The number of fused-ring (bicyclic) bond motifs is 1. The van der Waals surface area contributed by atoms with E-state index < -0.39 is 0 Å². The summed E-state index contributed by atoms with van der Waals surface area (Å²) in [6.07, 6.45) is 1.08. The molecule has 2 aromatic heterocycles. The fourth-order valence-corrected chi connectivity index (χ4v) is 3.78. The van der Waals surface area contributed by atoms with Crippen molar-refractivity contribution in [1.29, 1.82) is 0 Å². The lowest BCUT2D eigenvalue weighted by Gasteiger charge is -2.17. The van der Waals surface area contributed by atoms with Crippen LogP contribution in [0.3, 0.4) is 0 Å². The van der Waals surface area contributed by atoms with Crippen LogP contribution in [0, 0.1) is 19.8 Å². The van der Waals surface area contributed by atoms with E-state index in [9.17, 15) is 0 Å². The Hall–Kier alpha value is -2.15. The van der Waals surface area contributed by atoms with E-state index in [1.807, 2.05) is 19.1 Å². The van der Waals surface area contributed by atoms with E-state index in [1.54, 1.807) is 0 Å². The fraction of sp³-hybridized carbons (Fsp3) is 0.450. The first-order valence-corrected chi connectivity index (χ1v) is 9.39. The fourth-order valence-electron chi connectivity index (χ4n) is 3.78. The Morgan fingerprint density at radius 1 is 1.23 bits per heavy atom. The molecule has 0 saturated carbocycles. The highest BCUT2D eigenvalue weighted by Gasteiger charge is 2.30. The average molecular weight is 353 g/mol. The predicted molar refractivity (Wildman–Crippen MR) is 103 cm³/mol. The number of rotatable bonds is 7. The first-order chi connectivity index (χ1) is 12.7. The largest absolute Gasteiger partial charge is 0.465 e. The van der Waals surface area contributed by atoms with Gasteiger partial charge in [0, 0.05) is 25.6 Å². The summed E-state index contributed by atoms with van der Waals surface area (Å²) in [5, 5.41) is 3.61. The highest BCUT2D eigenvalue weighted by atomic mass is 16.3. The van der Waals surface area contributed by atoms with Gasteiger partial charge >= 0.3 is 0 Å². The molecule has 0 bridgehead atoms. The van der Waals surface area contributed by atoms with Gasteiger partial charge in [0.05, 0.1) is 17.1 Å². The maximum atomic E-state index is 5.79. The van der Waals surface area contributed by atoms with E-state index in [0.29, 0.717) is 5.92 Å². The zero-order valence-corrected chi connectivity index (χ0v) is 15.5. The summed E-state index contributed by atoms with van der Waals surface area (Å²) in [5.41, 5.74) is 8.90. The normalized spacial score (nSPS) is 20.2. The van der Waals surface area contributed by atoms with Crippen LogP contribution in [0.5, 0.6) is 0 Å². The number of nitrogens with one attached hydrogen (secondary N) is 3. The molecule has 0 radical (unpaired) electrons. The lowest BCUT2D eigenvalue weighted by molar-refractivity contribution is 0.359.